The number of ether oxygens (including phenoxy) is 1. The van der Waals surface area contributed by atoms with Gasteiger partial charge in [0.25, 0.3) is 5.91 Å². The molecule has 8 heteroatoms. The number of hydrogen-bond acceptors (Lipinski definition) is 5. The molecule has 0 aliphatic carbocycles. The summed E-state index contributed by atoms with van der Waals surface area (Å²) in [5.74, 6) is 0.00136. The number of furan rings is 1. The van der Waals surface area contributed by atoms with E-state index in [-0.39, 0.29) is 28.2 Å². The van der Waals surface area contributed by atoms with E-state index >= 15 is 0 Å². The Hall–Kier alpha value is -4.30. The van der Waals surface area contributed by atoms with E-state index in [9.17, 15) is 13.2 Å². The van der Waals surface area contributed by atoms with Crippen molar-refractivity contribution in [2.45, 2.75) is 15.9 Å². The first-order valence-electron chi connectivity index (χ1n) is 11.4. The molecule has 0 fully saturated rings. The van der Waals surface area contributed by atoms with Gasteiger partial charge in [-0.15, -0.1) is 0 Å². The molecule has 5 rings (SSSR count). The van der Waals surface area contributed by atoms with E-state index in [2.05, 4.69) is 10.3 Å². The fraction of sp³-hybridized carbons (Fsp3) is 0.107. The number of nitrogens with one attached hydrogen (secondary N) is 2. The number of sulfone groups is 1. The Morgan fingerprint density at radius 1 is 0.944 bits per heavy atom. The van der Waals surface area contributed by atoms with Crippen LogP contribution in [-0.2, 0) is 9.84 Å². The molecule has 0 radical (unpaired) electrons. The van der Waals surface area contributed by atoms with Crippen LogP contribution in [-0.4, -0.2) is 33.0 Å². The van der Waals surface area contributed by atoms with Crippen LogP contribution in [0.5, 0.6) is 5.75 Å². The molecule has 0 aliphatic rings. The van der Waals surface area contributed by atoms with Crippen LogP contribution in [0.1, 0.15) is 27.6 Å². The summed E-state index contributed by atoms with van der Waals surface area (Å²) < 4.78 is 36.4. The second-order valence-electron chi connectivity index (χ2n) is 8.26. The third kappa shape index (κ3) is 4.50. The van der Waals surface area contributed by atoms with Crippen molar-refractivity contribution < 1.29 is 22.4 Å². The van der Waals surface area contributed by atoms with Crippen molar-refractivity contribution in [1.82, 2.24) is 10.3 Å². The van der Waals surface area contributed by atoms with Crippen LogP contribution in [0.15, 0.2) is 112 Å². The van der Waals surface area contributed by atoms with Crippen molar-refractivity contribution in [2.75, 3.05) is 13.7 Å². The lowest BCUT2D eigenvalue weighted by Gasteiger charge is -2.18. The monoisotopic (exact) mass is 500 g/mol. The zero-order valence-electron chi connectivity index (χ0n) is 19.5. The summed E-state index contributed by atoms with van der Waals surface area (Å²) in [6.45, 7) is 0.272. The number of rotatable bonds is 8. The van der Waals surface area contributed by atoms with Gasteiger partial charge in [0, 0.05) is 29.6 Å². The summed E-state index contributed by atoms with van der Waals surface area (Å²) in [7, 11) is -2.24. The van der Waals surface area contributed by atoms with Gasteiger partial charge in [0.2, 0.25) is 14.9 Å². The Bertz CT molecular complexity index is 1600. The Balaban J connectivity index is 1.40. The lowest BCUT2D eigenvalue weighted by Crippen LogP contribution is -2.28. The second kappa shape index (κ2) is 9.75. The molecule has 36 heavy (non-hydrogen) atoms. The van der Waals surface area contributed by atoms with Gasteiger partial charge < -0.3 is 19.5 Å². The first-order chi connectivity index (χ1) is 17.5. The minimum atomic E-state index is -3.85. The van der Waals surface area contributed by atoms with Crippen LogP contribution in [0.25, 0.3) is 10.9 Å². The van der Waals surface area contributed by atoms with Gasteiger partial charge in [0.05, 0.1) is 12.0 Å². The van der Waals surface area contributed by atoms with E-state index in [1.54, 1.807) is 25.3 Å². The number of hydrogen-bond donors (Lipinski definition) is 2. The first kappa shape index (κ1) is 23.4. The lowest BCUT2D eigenvalue weighted by molar-refractivity contribution is 0.0919. The van der Waals surface area contributed by atoms with Crippen molar-refractivity contribution >= 4 is 26.6 Å². The molecule has 2 heterocycles. The number of carbonyl (C=O) groups is 1. The summed E-state index contributed by atoms with van der Waals surface area (Å²) in [5.41, 5.74) is 3.02. The maximum atomic E-state index is 13.0. The van der Waals surface area contributed by atoms with Gasteiger partial charge in [-0.05, 0) is 53.6 Å². The molecule has 1 atom stereocenters. The molecular weight excluding hydrogens is 476 g/mol. The second-order valence-corrected chi connectivity index (χ2v) is 10.1. The van der Waals surface area contributed by atoms with Crippen molar-refractivity contribution in [2.24, 2.45) is 0 Å². The zero-order chi connectivity index (χ0) is 25.1. The number of H-pyrrole nitrogens is 1. The largest absolute Gasteiger partial charge is 0.497 e. The first-order valence-corrected chi connectivity index (χ1v) is 12.8. The number of benzene rings is 3. The molecule has 1 unspecified atom stereocenters. The van der Waals surface area contributed by atoms with Crippen LogP contribution >= 0.6 is 0 Å². The molecule has 182 valence electrons. The number of fused-ring (bicyclic) bond motifs is 1. The molecule has 0 spiro atoms. The molecule has 0 saturated carbocycles. The maximum Gasteiger partial charge on any atom is 0.287 e. The summed E-state index contributed by atoms with van der Waals surface area (Å²) in [5, 5.41) is 3.69. The predicted molar refractivity (Wildman–Crippen MR) is 136 cm³/mol. The van der Waals surface area contributed by atoms with E-state index < -0.39 is 15.7 Å². The van der Waals surface area contributed by atoms with Crippen LogP contribution in [0.2, 0.25) is 0 Å². The number of aromatic nitrogens is 1. The Morgan fingerprint density at radius 3 is 2.42 bits per heavy atom. The van der Waals surface area contributed by atoms with Crippen LogP contribution < -0.4 is 10.1 Å². The van der Waals surface area contributed by atoms with Crippen molar-refractivity contribution in [3.63, 3.8) is 0 Å². The number of methoxy groups -OCH3 is 1. The van der Waals surface area contributed by atoms with Gasteiger partial charge in [-0.3, -0.25) is 4.79 Å². The highest BCUT2D eigenvalue weighted by atomic mass is 32.2. The number of para-hydroxylation sites is 1. The lowest BCUT2D eigenvalue weighted by atomic mass is 9.90. The third-order valence-electron chi connectivity index (χ3n) is 6.11. The Kier molecular flexibility index (Phi) is 6.35. The van der Waals surface area contributed by atoms with Gasteiger partial charge in [0.15, 0.2) is 5.76 Å². The van der Waals surface area contributed by atoms with Gasteiger partial charge in [-0.25, -0.2) is 8.42 Å². The molecule has 2 N–H and O–H groups in total. The molecule has 3 aromatic carbocycles. The quantitative estimate of drug-likeness (QED) is 0.306. The van der Waals surface area contributed by atoms with E-state index in [1.807, 2.05) is 54.7 Å². The van der Waals surface area contributed by atoms with Gasteiger partial charge in [0.1, 0.15) is 5.75 Å². The summed E-state index contributed by atoms with van der Waals surface area (Å²) in [6, 6.07) is 26.3. The average Bonchev–Trinajstić information content (AvgIpc) is 3.58. The predicted octanol–water partition coefficient (Wildman–Crippen LogP) is 5.16. The SMILES string of the molecule is COc1ccc(C(CNC(=O)c2ccc(S(=O)(=O)c3ccccc3)o2)c2c[nH]c3ccccc23)cc1. The molecule has 5 aromatic rings. The van der Waals surface area contributed by atoms with Crippen molar-refractivity contribution in [1.29, 1.82) is 0 Å². The normalized spacial score (nSPS) is 12.4. The maximum absolute atomic E-state index is 13.0. The highest BCUT2D eigenvalue weighted by Crippen LogP contribution is 2.31. The molecular formula is C28H24N2O5S. The minimum absolute atomic E-state index is 0.0723. The summed E-state index contributed by atoms with van der Waals surface area (Å²) in [4.78, 5) is 16.4. The standard InChI is InChI=1S/C28H24N2O5S/c1-34-20-13-11-19(12-14-20)23(24-18-29-25-10-6-5-9-22(24)25)17-30-28(31)26-15-16-27(35-26)36(32,33)21-7-3-2-4-8-21/h2-16,18,23,29H,17H2,1H3,(H,30,31). The van der Waals surface area contributed by atoms with Gasteiger partial charge in [-0.2, -0.15) is 0 Å². The molecule has 0 bridgehead atoms. The van der Waals surface area contributed by atoms with Gasteiger partial charge >= 0.3 is 0 Å². The van der Waals surface area contributed by atoms with Crippen molar-refractivity contribution in [3.05, 3.63) is 114 Å². The van der Waals surface area contributed by atoms with E-state index in [1.165, 1.54) is 24.3 Å². The highest BCUT2D eigenvalue weighted by molar-refractivity contribution is 7.91. The zero-order valence-corrected chi connectivity index (χ0v) is 20.3. The fourth-order valence-electron chi connectivity index (χ4n) is 4.21. The summed E-state index contributed by atoms with van der Waals surface area (Å²) in [6.07, 6.45) is 1.95. The number of carbonyl (C=O) groups excluding carboxylic acids is 1. The van der Waals surface area contributed by atoms with E-state index in [4.69, 9.17) is 9.15 Å². The molecule has 1 amide bonds. The van der Waals surface area contributed by atoms with Crippen LogP contribution in [0.3, 0.4) is 0 Å². The molecule has 0 aliphatic heterocycles. The van der Waals surface area contributed by atoms with E-state index in [0.717, 1.165) is 27.8 Å². The number of aromatic amines is 1. The minimum Gasteiger partial charge on any atom is -0.497 e. The average molecular weight is 501 g/mol. The third-order valence-corrected chi connectivity index (χ3v) is 7.75. The molecule has 0 saturated heterocycles. The summed E-state index contributed by atoms with van der Waals surface area (Å²) >= 11 is 0. The number of amides is 1. The highest BCUT2D eigenvalue weighted by Gasteiger charge is 2.24. The molecule has 7 nitrogen and oxygen atoms in total. The Labute approximate surface area is 208 Å². The van der Waals surface area contributed by atoms with E-state index in [0.29, 0.717) is 0 Å². The topological polar surface area (TPSA) is 101 Å². The van der Waals surface area contributed by atoms with Crippen LogP contribution in [0.4, 0.5) is 0 Å². The van der Waals surface area contributed by atoms with Gasteiger partial charge in [-0.1, -0.05) is 48.5 Å². The fourth-order valence-corrected chi connectivity index (χ4v) is 5.40. The van der Waals surface area contributed by atoms with Crippen molar-refractivity contribution in [3.8, 4) is 5.75 Å². The van der Waals surface area contributed by atoms with Crippen LogP contribution in [0, 0.1) is 0 Å². The molecule has 2 aromatic heterocycles. The Morgan fingerprint density at radius 2 is 1.67 bits per heavy atom. The smallest absolute Gasteiger partial charge is 0.287 e.